The van der Waals surface area contributed by atoms with E-state index in [2.05, 4.69) is 20.3 Å². The summed E-state index contributed by atoms with van der Waals surface area (Å²) in [5.74, 6) is -0.624. The molecule has 1 aliphatic rings. The number of nitrogens with zero attached hydrogens (tertiary/aromatic N) is 3. The summed E-state index contributed by atoms with van der Waals surface area (Å²) in [4.78, 5) is 13.3. The quantitative estimate of drug-likeness (QED) is 0.916. The summed E-state index contributed by atoms with van der Waals surface area (Å²) in [6, 6.07) is 0. The molecule has 0 unspecified atom stereocenters. The number of aromatic nitrogens is 2. The first-order chi connectivity index (χ1) is 9.35. The number of aryl methyl sites for hydroxylation is 1. The zero-order valence-electron chi connectivity index (χ0n) is 10.9. The van der Waals surface area contributed by atoms with Gasteiger partial charge in [0.25, 0.3) is 0 Å². The second kappa shape index (κ2) is 5.78. The highest BCUT2D eigenvalue weighted by atomic mass is 19.4. The van der Waals surface area contributed by atoms with E-state index in [4.69, 9.17) is 0 Å². The van der Waals surface area contributed by atoms with Crippen molar-refractivity contribution in [3.63, 3.8) is 0 Å². The topological polar surface area (TPSA) is 71.3 Å². The molecule has 0 aromatic carbocycles. The molecule has 1 aliphatic heterocycles. The summed E-state index contributed by atoms with van der Waals surface area (Å²) in [6.45, 7) is 1.08. The third-order valence-corrected chi connectivity index (χ3v) is 3.17. The second-order valence-corrected chi connectivity index (χ2v) is 4.88. The Balaban J connectivity index is 1.91. The average Bonchev–Trinajstić information content (AvgIpc) is 2.73. The van der Waals surface area contributed by atoms with Gasteiger partial charge in [-0.05, 0) is 31.5 Å². The fourth-order valence-electron chi connectivity index (χ4n) is 2.23. The minimum absolute atomic E-state index is 0.0929. The van der Waals surface area contributed by atoms with Gasteiger partial charge in [0.2, 0.25) is 5.91 Å². The van der Waals surface area contributed by atoms with E-state index in [0.717, 1.165) is 0 Å². The molecule has 6 nitrogen and oxygen atoms in total. The fraction of sp³-hybridized carbons (Fsp3) is 0.727. The van der Waals surface area contributed by atoms with Crippen LogP contribution in [0.5, 0.6) is 0 Å². The smallest absolute Gasteiger partial charge is 0.306 e. The van der Waals surface area contributed by atoms with E-state index in [1.165, 1.54) is 4.90 Å². The average molecular weight is 292 g/mol. The van der Waals surface area contributed by atoms with Crippen LogP contribution in [0.3, 0.4) is 0 Å². The predicted octanol–water partition coefficient (Wildman–Crippen LogP) is 1.59. The van der Waals surface area contributed by atoms with Crippen LogP contribution in [0.4, 0.5) is 19.0 Å². The predicted molar refractivity (Wildman–Crippen MR) is 62.9 cm³/mol. The number of nitrogens with one attached hydrogen (secondary N) is 1. The van der Waals surface area contributed by atoms with Gasteiger partial charge in [0.05, 0.1) is 12.5 Å². The summed E-state index contributed by atoms with van der Waals surface area (Å²) in [7, 11) is 0. The van der Waals surface area contributed by atoms with Crippen LogP contribution in [0.1, 0.15) is 18.5 Å². The number of hydrogen-bond acceptors (Lipinski definition) is 5. The van der Waals surface area contributed by atoms with Crippen LogP contribution in [-0.2, 0) is 4.79 Å². The first-order valence-corrected chi connectivity index (χ1v) is 6.24. The number of hydrogen-bond donors (Lipinski definition) is 1. The van der Waals surface area contributed by atoms with Crippen molar-refractivity contribution in [1.29, 1.82) is 0 Å². The van der Waals surface area contributed by atoms with Crippen molar-refractivity contribution in [3.05, 3.63) is 5.69 Å². The fourth-order valence-corrected chi connectivity index (χ4v) is 2.23. The van der Waals surface area contributed by atoms with Crippen LogP contribution in [0.2, 0.25) is 0 Å². The Kier molecular flexibility index (Phi) is 4.26. The van der Waals surface area contributed by atoms with Crippen molar-refractivity contribution in [1.82, 2.24) is 15.2 Å². The Morgan fingerprint density at radius 1 is 1.50 bits per heavy atom. The summed E-state index contributed by atoms with van der Waals surface area (Å²) in [6.07, 6.45) is -3.13. The summed E-state index contributed by atoms with van der Waals surface area (Å²) >= 11 is 0. The van der Waals surface area contributed by atoms with Crippen molar-refractivity contribution in [3.8, 4) is 0 Å². The SMILES string of the molecule is Cc1nonc1NC(=O)[C@@H]1CCCN(CC(F)(F)F)C1. The van der Waals surface area contributed by atoms with E-state index in [0.29, 0.717) is 25.1 Å². The lowest BCUT2D eigenvalue weighted by molar-refractivity contribution is -0.151. The molecule has 0 radical (unpaired) electrons. The van der Waals surface area contributed by atoms with E-state index in [1.54, 1.807) is 6.92 Å². The van der Waals surface area contributed by atoms with Crippen molar-refractivity contribution < 1.29 is 22.6 Å². The Hall–Kier alpha value is -1.64. The lowest BCUT2D eigenvalue weighted by Gasteiger charge is -2.32. The van der Waals surface area contributed by atoms with Gasteiger partial charge in [0, 0.05) is 6.54 Å². The molecule has 0 bridgehead atoms. The number of likely N-dealkylation sites (tertiary alicyclic amines) is 1. The van der Waals surface area contributed by atoms with E-state index in [1.807, 2.05) is 0 Å². The van der Waals surface area contributed by atoms with Gasteiger partial charge in [-0.2, -0.15) is 13.2 Å². The van der Waals surface area contributed by atoms with Gasteiger partial charge in [0.1, 0.15) is 5.69 Å². The molecule has 112 valence electrons. The Bertz CT molecular complexity index is 474. The summed E-state index contributed by atoms with van der Waals surface area (Å²) < 4.78 is 41.5. The first-order valence-electron chi connectivity index (χ1n) is 6.24. The maximum absolute atomic E-state index is 12.4. The maximum atomic E-state index is 12.4. The number of piperidine rings is 1. The van der Waals surface area contributed by atoms with Gasteiger partial charge in [-0.1, -0.05) is 5.16 Å². The molecule has 1 atom stereocenters. The van der Waals surface area contributed by atoms with Gasteiger partial charge in [-0.25, -0.2) is 4.63 Å². The second-order valence-electron chi connectivity index (χ2n) is 4.88. The Morgan fingerprint density at radius 2 is 2.25 bits per heavy atom. The molecule has 2 rings (SSSR count). The zero-order chi connectivity index (χ0) is 14.8. The van der Waals surface area contributed by atoms with E-state index >= 15 is 0 Å². The molecule has 2 heterocycles. The molecule has 1 aromatic rings. The minimum Gasteiger partial charge on any atom is -0.306 e. The summed E-state index contributed by atoms with van der Waals surface area (Å²) in [5.41, 5.74) is 0.432. The number of carbonyl (C=O) groups is 1. The highest BCUT2D eigenvalue weighted by Gasteiger charge is 2.34. The van der Waals surface area contributed by atoms with Gasteiger partial charge >= 0.3 is 6.18 Å². The van der Waals surface area contributed by atoms with Crippen LogP contribution >= 0.6 is 0 Å². The van der Waals surface area contributed by atoms with Gasteiger partial charge in [0.15, 0.2) is 5.82 Å². The van der Waals surface area contributed by atoms with Crippen LogP contribution < -0.4 is 5.32 Å². The highest BCUT2D eigenvalue weighted by molar-refractivity contribution is 5.92. The number of carbonyl (C=O) groups excluding carboxylic acids is 1. The number of anilines is 1. The summed E-state index contributed by atoms with van der Waals surface area (Å²) in [5, 5.41) is 9.56. The van der Waals surface area contributed by atoms with E-state index in [9.17, 15) is 18.0 Å². The van der Waals surface area contributed by atoms with Crippen molar-refractivity contribution in [2.24, 2.45) is 5.92 Å². The molecule has 1 N–H and O–H groups in total. The van der Waals surface area contributed by atoms with E-state index < -0.39 is 18.6 Å². The third-order valence-electron chi connectivity index (χ3n) is 3.17. The molecular formula is C11H15F3N4O2. The molecule has 9 heteroatoms. The minimum atomic E-state index is -4.25. The number of alkyl halides is 3. The molecule has 20 heavy (non-hydrogen) atoms. The zero-order valence-corrected chi connectivity index (χ0v) is 10.9. The molecule has 1 aromatic heterocycles. The van der Waals surface area contributed by atoms with Gasteiger partial charge in [-0.15, -0.1) is 0 Å². The maximum Gasteiger partial charge on any atom is 0.401 e. The third kappa shape index (κ3) is 3.92. The number of amides is 1. The molecule has 0 saturated carbocycles. The van der Waals surface area contributed by atoms with E-state index in [-0.39, 0.29) is 18.3 Å². The molecule has 1 amide bonds. The standard InChI is InChI=1S/C11H15F3N4O2/c1-7-9(17-20-16-7)15-10(19)8-3-2-4-18(5-8)6-11(12,13)14/h8H,2-6H2,1H3,(H,15,17,19)/t8-/m1/s1. The molecular weight excluding hydrogens is 277 g/mol. The van der Waals surface area contributed by atoms with Crippen LogP contribution in [0.25, 0.3) is 0 Å². The molecule has 1 saturated heterocycles. The van der Waals surface area contributed by atoms with Crippen LogP contribution in [-0.4, -0.2) is 46.9 Å². The first kappa shape index (κ1) is 14.8. The van der Waals surface area contributed by atoms with Gasteiger partial charge in [-0.3, -0.25) is 9.69 Å². The number of rotatable bonds is 3. The van der Waals surface area contributed by atoms with Crippen LogP contribution in [0.15, 0.2) is 4.63 Å². The Morgan fingerprint density at radius 3 is 2.85 bits per heavy atom. The van der Waals surface area contributed by atoms with Crippen molar-refractivity contribution in [2.45, 2.75) is 25.9 Å². The monoisotopic (exact) mass is 292 g/mol. The molecule has 1 fully saturated rings. The number of halogens is 3. The highest BCUT2D eigenvalue weighted by Crippen LogP contribution is 2.23. The normalized spacial score (nSPS) is 20.9. The lowest BCUT2D eigenvalue weighted by atomic mass is 9.97. The molecule has 0 aliphatic carbocycles. The van der Waals surface area contributed by atoms with Crippen molar-refractivity contribution in [2.75, 3.05) is 25.0 Å². The van der Waals surface area contributed by atoms with Crippen LogP contribution in [0, 0.1) is 12.8 Å². The Labute approximate surface area is 113 Å². The van der Waals surface area contributed by atoms with Crippen molar-refractivity contribution >= 4 is 11.7 Å². The largest absolute Gasteiger partial charge is 0.401 e. The molecule has 0 spiro atoms. The lowest BCUT2D eigenvalue weighted by Crippen LogP contribution is -2.44. The van der Waals surface area contributed by atoms with Gasteiger partial charge < -0.3 is 5.32 Å².